The van der Waals surface area contributed by atoms with Crippen LogP contribution in [0.15, 0.2) is 36.4 Å². The molecule has 1 aliphatic rings. The first-order valence-electron chi connectivity index (χ1n) is 9.96. The number of amides is 1. The van der Waals surface area contributed by atoms with Gasteiger partial charge in [-0.05, 0) is 49.2 Å². The van der Waals surface area contributed by atoms with Crippen LogP contribution in [0, 0.1) is 6.92 Å². The molecule has 0 N–H and O–H groups in total. The van der Waals surface area contributed by atoms with Crippen molar-refractivity contribution in [3.8, 4) is 0 Å². The van der Waals surface area contributed by atoms with E-state index in [2.05, 4.69) is 4.90 Å². The van der Waals surface area contributed by atoms with E-state index in [0.717, 1.165) is 55.0 Å². The number of aromatic nitrogens is 1. The molecule has 5 nitrogen and oxygen atoms in total. The maximum Gasteiger partial charge on any atom is 0.260 e. The number of aryl methyl sites for hydroxylation is 1. The zero-order chi connectivity index (χ0) is 21.1. The zero-order valence-corrected chi connectivity index (χ0v) is 20.3. The van der Waals surface area contributed by atoms with Gasteiger partial charge < -0.3 is 4.74 Å². The first-order chi connectivity index (χ1) is 14.5. The van der Waals surface area contributed by atoms with Crippen molar-refractivity contribution < 1.29 is 9.53 Å². The lowest BCUT2D eigenvalue weighted by atomic mass is 10.2. The van der Waals surface area contributed by atoms with Gasteiger partial charge in [0.25, 0.3) is 5.91 Å². The van der Waals surface area contributed by atoms with E-state index in [1.807, 2.05) is 19.1 Å². The van der Waals surface area contributed by atoms with Gasteiger partial charge in [0.05, 0.1) is 23.4 Å². The van der Waals surface area contributed by atoms with Crippen LogP contribution in [-0.2, 0) is 4.74 Å². The van der Waals surface area contributed by atoms with Crippen molar-refractivity contribution in [2.24, 2.45) is 0 Å². The number of benzene rings is 2. The number of carbonyl (C=O) groups excluding carboxylic acids is 1. The molecule has 1 fully saturated rings. The molecule has 166 valence electrons. The number of carbonyl (C=O) groups is 1. The Balaban J connectivity index is 0.00000272. The number of fused-ring (bicyclic) bond motifs is 1. The standard InChI is InChI=1S/C22H23Cl2N3O2S.ClH/c1-15-18(24)6-7-19-20(15)25-22(30-19)27(9-3-8-26-10-12-29-13-11-26)21(28)16-4-2-5-17(23)14-16;/h2,4-7,14H,3,8-13H2,1H3;1H. The van der Waals surface area contributed by atoms with E-state index in [4.69, 9.17) is 32.9 Å². The van der Waals surface area contributed by atoms with Gasteiger partial charge in [-0.1, -0.05) is 40.6 Å². The lowest BCUT2D eigenvalue weighted by Gasteiger charge is -2.27. The summed E-state index contributed by atoms with van der Waals surface area (Å²) in [6, 6.07) is 10.9. The number of thiazole rings is 1. The summed E-state index contributed by atoms with van der Waals surface area (Å²) in [7, 11) is 0. The molecule has 0 spiro atoms. The monoisotopic (exact) mass is 499 g/mol. The first-order valence-corrected chi connectivity index (χ1v) is 11.5. The van der Waals surface area contributed by atoms with Crippen LogP contribution in [-0.4, -0.2) is 55.2 Å². The molecule has 0 atom stereocenters. The second-order valence-electron chi connectivity index (χ2n) is 7.29. The average molecular weight is 501 g/mol. The minimum atomic E-state index is -0.0951. The Morgan fingerprint density at radius 1 is 1.23 bits per heavy atom. The maximum atomic E-state index is 13.4. The van der Waals surface area contributed by atoms with Crippen LogP contribution in [0.1, 0.15) is 22.3 Å². The summed E-state index contributed by atoms with van der Waals surface area (Å²) in [5, 5.41) is 1.91. The highest BCUT2D eigenvalue weighted by atomic mass is 35.5. The third-order valence-corrected chi connectivity index (χ3v) is 6.93. The van der Waals surface area contributed by atoms with E-state index in [-0.39, 0.29) is 18.3 Å². The number of anilines is 1. The highest BCUT2D eigenvalue weighted by Gasteiger charge is 2.23. The first kappa shape index (κ1) is 24.2. The number of nitrogens with zero attached hydrogens (tertiary/aromatic N) is 3. The Kier molecular flexibility index (Phi) is 8.56. The molecule has 0 bridgehead atoms. The molecule has 0 saturated carbocycles. The normalized spacial score (nSPS) is 14.4. The van der Waals surface area contributed by atoms with Gasteiger partial charge >= 0.3 is 0 Å². The van der Waals surface area contributed by atoms with Crippen LogP contribution < -0.4 is 4.90 Å². The van der Waals surface area contributed by atoms with Crippen LogP contribution in [0.5, 0.6) is 0 Å². The molecule has 4 rings (SSSR count). The summed E-state index contributed by atoms with van der Waals surface area (Å²) in [6.45, 7) is 6.84. The fraction of sp³-hybridized carbons (Fsp3) is 0.364. The van der Waals surface area contributed by atoms with Crippen LogP contribution >= 0.6 is 46.9 Å². The third-order valence-electron chi connectivity index (χ3n) is 5.24. The number of ether oxygens (including phenoxy) is 1. The Bertz CT molecular complexity index is 1050. The zero-order valence-electron chi connectivity index (χ0n) is 17.1. The van der Waals surface area contributed by atoms with Gasteiger partial charge in [-0.3, -0.25) is 14.6 Å². The molecule has 1 aliphatic heterocycles. The predicted molar refractivity (Wildman–Crippen MR) is 132 cm³/mol. The van der Waals surface area contributed by atoms with Crippen LogP contribution in [0.4, 0.5) is 5.13 Å². The lowest BCUT2D eigenvalue weighted by Crippen LogP contribution is -2.39. The van der Waals surface area contributed by atoms with E-state index >= 15 is 0 Å². The summed E-state index contributed by atoms with van der Waals surface area (Å²) in [5.74, 6) is -0.0951. The van der Waals surface area contributed by atoms with Crippen molar-refractivity contribution in [1.82, 2.24) is 9.88 Å². The highest BCUT2D eigenvalue weighted by molar-refractivity contribution is 7.22. The second kappa shape index (κ2) is 10.9. The van der Waals surface area contributed by atoms with Gasteiger partial charge in [0, 0.05) is 41.8 Å². The molecular formula is C22H24Cl3N3O2S. The van der Waals surface area contributed by atoms with Crippen LogP contribution in [0.2, 0.25) is 10.0 Å². The van der Waals surface area contributed by atoms with E-state index in [1.165, 1.54) is 11.3 Å². The van der Waals surface area contributed by atoms with Crippen molar-refractivity contribution in [1.29, 1.82) is 0 Å². The van der Waals surface area contributed by atoms with Gasteiger partial charge in [-0.15, -0.1) is 12.4 Å². The van der Waals surface area contributed by atoms with Crippen molar-refractivity contribution in [3.63, 3.8) is 0 Å². The Morgan fingerprint density at radius 2 is 2.00 bits per heavy atom. The van der Waals surface area contributed by atoms with Gasteiger partial charge in [-0.25, -0.2) is 4.98 Å². The maximum absolute atomic E-state index is 13.4. The fourth-order valence-electron chi connectivity index (χ4n) is 3.54. The average Bonchev–Trinajstić information content (AvgIpc) is 3.19. The molecule has 9 heteroatoms. The summed E-state index contributed by atoms with van der Waals surface area (Å²) in [5.41, 5.74) is 2.34. The van der Waals surface area contributed by atoms with Gasteiger partial charge in [-0.2, -0.15) is 0 Å². The summed E-state index contributed by atoms with van der Waals surface area (Å²) in [4.78, 5) is 22.3. The lowest BCUT2D eigenvalue weighted by molar-refractivity contribution is 0.0376. The topological polar surface area (TPSA) is 45.7 Å². The summed E-state index contributed by atoms with van der Waals surface area (Å²) in [6.07, 6.45) is 0.849. The minimum absolute atomic E-state index is 0. The van der Waals surface area contributed by atoms with Crippen molar-refractivity contribution >= 4 is 68.2 Å². The highest BCUT2D eigenvalue weighted by Crippen LogP contribution is 2.34. The van der Waals surface area contributed by atoms with Crippen molar-refractivity contribution in [2.75, 3.05) is 44.3 Å². The number of morpholine rings is 1. The van der Waals surface area contributed by atoms with Gasteiger partial charge in [0.2, 0.25) is 0 Å². The SMILES string of the molecule is Cc1c(Cl)ccc2sc(N(CCCN3CCOCC3)C(=O)c3cccc(Cl)c3)nc12.Cl. The Labute approximate surface area is 202 Å². The van der Waals surface area contributed by atoms with Crippen LogP contribution in [0.25, 0.3) is 10.2 Å². The van der Waals surface area contributed by atoms with E-state index < -0.39 is 0 Å². The molecule has 0 unspecified atom stereocenters. The van der Waals surface area contributed by atoms with E-state index in [0.29, 0.717) is 27.3 Å². The Morgan fingerprint density at radius 3 is 2.74 bits per heavy atom. The van der Waals surface area contributed by atoms with Crippen molar-refractivity contribution in [3.05, 3.63) is 57.6 Å². The predicted octanol–water partition coefficient (Wildman–Crippen LogP) is 5.70. The smallest absolute Gasteiger partial charge is 0.260 e. The molecule has 1 saturated heterocycles. The summed E-state index contributed by atoms with van der Waals surface area (Å²) >= 11 is 13.9. The molecule has 31 heavy (non-hydrogen) atoms. The quantitative estimate of drug-likeness (QED) is 0.435. The van der Waals surface area contributed by atoms with Crippen LogP contribution in [0.3, 0.4) is 0 Å². The number of halogens is 3. The van der Waals surface area contributed by atoms with Gasteiger partial charge in [0.1, 0.15) is 0 Å². The molecule has 2 heterocycles. The number of hydrogen-bond donors (Lipinski definition) is 0. The molecule has 1 amide bonds. The fourth-order valence-corrected chi connectivity index (χ4v) is 4.94. The van der Waals surface area contributed by atoms with E-state index in [1.54, 1.807) is 29.2 Å². The molecule has 3 aromatic rings. The molecule has 0 aliphatic carbocycles. The Hall–Kier alpha value is -1.41. The van der Waals surface area contributed by atoms with E-state index in [9.17, 15) is 4.79 Å². The molecular weight excluding hydrogens is 477 g/mol. The van der Waals surface area contributed by atoms with Gasteiger partial charge in [0.15, 0.2) is 5.13 Å². The number of hydrogen-bond acceptors (Lipinski definition) is 5. The minimum Gasteiger partial charge on any atom is -0.379 e. The molecule has 0 radical (unpaired) electrons. The molecule has 2 aromatic carbocycles. The van der Waals surface area contributed by atoms with Crippen molar-refractivity contribution in [2.45, 2.75) is 13.3 Å². The molecule has 1 aromatic heterocycles. The summed E-state index contributed by atoms with van der Waals surface area (Å²) < 4.78 is 6.44. The number of rotatable bonds is 6. The third kappa shape index (κ3) is 5.69. The second-order valence-corrected chi connectivity index (χ2v) is 9.14. The largest absolute Gasteiger partial charge is 0.379 e.